The minimum absolute atomic E-state index is 0.00181. The van der Waals surface area contributed by atoms with Crippen LogP contribution in [0.3, 0.4) is 0 Å². The van der Waals surface area contributed by atoms with Crippen molar-refractivity contribution in [2.45, 2.75) is 43.7 Å². The van der Waals surface area contributed by atoms with Gasteiger partial charge in [-0.2, -0.15) is 5.10 Å². The van der Waals surface area contributed by atoms with E-state index in [1.54, 1.807) is 0 Å². The fourth-order valence-corrected chi connectivity index (χ4v) is 4.45. The lowest BCUT2D eigenvalue weighted by atomic mass is 9.79. The Kier molecular flexibility index (Phi) is 4.95. The van der Waals surface area contributed by atoms with Crippen LogP contribution in [0.2, 0.25) is 0 Å². The summed E-state index contributed by atoms with van der Waals surface area (Å²) in [4.78, 5) is 0. The molecule has 2 heterocycles. The van der Waals surface area contributed by atoms with Crippen molar-refractivity contribution >= 4 is 0 Å². The molecule has 1 saturated carbocycles. The first-order chi connectivity index (χ1) is 14.6. The minimum atomic E-state index is -1.01. The van der Waals surface area contributed by atoms with Crippen molar-refractivity contribution < 1.29 is 19.7 Å². The molecule has 156 valence electrons. The highest BCUT2D eigenvalue weighted by Gasteiger charge is 2.47. The molecule has 6 heteroatoms. The molecule has 2 aliphatic rings. The van der Waals surface area contributed by atoms with Crippen LogP contribution in [0.5, 0.6) is 0 Å². The second-order valence-corrected chi connectivity index (χ2v) is 8.16. The van der Waals surface area contributed by atoms with E-state index in [0.29, 0.717) is 44.6 Å². The van der Waals surface area contributed by atoms with E-state index in [0.717, 1.165) is 22.5 Å². The van der Waals surface area contributed by atoms with Gasteiger partial charge in [-0.25, -0.2) is 4.68 Å². The molecule has 0 bridgehead atoms. The van der Waals surface area contributed by atoms with Crippen molar-refractivity contribution in [3.8, 4) is 16.9 Å². The van der Waals surface area contributed by atoms with Gasteiger partial charge in [0.1, 0.15) is 5.60 Å². The SMILES string of the molecule is OCc1ccc(-n2nc(C3(O)CCC4(CC3)OCCO4)cc2-c2ccccc2)cc1. The number of benzene rings is 2. The van der Waals surface area contributed by atoms with Gasteiger partial charge in [0.25, 0.3) is 0 Å². The Balaban J connectivity index is 1.52. The van der Waals surface area contributed by atoms with E-state index >= 15 is 0 Å². The maximum Gasteiger partial charge on any atom is 0.168 e. The maximum atomic E-state index is 11.5. The van der Waals surface area contributed by atoms with Crippen molar-refractivity contribution in [2.75, 3.05) is 13.2 Å². The van der Waals surface area contributed by atoms with Gasteiger partial charge in [0.15, 0.2) is 5.79 Å². The summed E-state index contributed by atoms with van der Waals surface area (Å²) in [7, 11) is 0. The number of ether oxygens (including phenoxy) is 2. The van der Waals surface area contributed by atoms with Crippen molar-refractivity contribution in [1.29, 1.82) is 0 Å². The largest absolute Gasteiger partial charge is 0.392 e. The van der Waals surface area contributed by atoms with Crippen LogP contribution in [0.25, 0.3) is 16.9 Å². The van der Waals surface area contributed by atoms with Crippen LogP contribution in [-0.2, 0) is 21.7 Å². The molecule has 1 aromatic heterocycles. The molecule has 0 amide bonds. The van der Waals surface area contributed by atoms with Crippen molar-refractivity contribution in [2.24, 2.45) is 0 Å². The van der Waals surface area contributed by atoms with Crippen LogP contribution in [0.4, 0.5) is 0 Å². The second-order valence-electron chi connectivity index (χ2n) is 8.16. The predicted molar refractivity (Wildman–Crippen MR) is 112 cm³/mol. The molecule has 1 spiro atoms. The monoisotopic (exact) mass is 406 g/mol. The highest BCUT2D eigenvalue weighted by Crippen LogP contribution is 2.45. The first-order valence-electron chi connectivity index (χ1n) is 10.5. The molecule has 1 aliphatic carbocycles. The topological polar surface area (TPSA) is 76.7 Å². The number of nitrogens with zero attached hydrogens (tertiary/aromatic N) is 2. The van der Waals surface area contributed by atoms with E-state index < -0.39 is 11.4 Å². The van der Waals surface area contributed by atoms with Gasteiger partial charge < -0.3 is 19.7 Å². The van der Waals surface area contributed by atoms with Gasteiger partial charge in [-0.15, -0.1) is 0 Å². The lowest BCUT2D eigenvalue weighted by Crippen LogP contribution is -2.42. The number of aliphatic hydroxyl groups is 2. The van der Waals surface area contributed by atoms with Crippen LogP contribution < -0.4 is 0 Å². The van der Waals surface area contributed by atoms with Crippen molar-refractivity contribution in [3.63, 3.8) is 0 Å². The molecule has 3 aromatic rings. The van der Waals surface area contributed by atoms with Gasteiger partial charge in [0.2, 0.25) is 0 Å². The zero-order valence-corrected chi connectivity index (χ0v) is 16.8. The Morgan fingerprint density at radius 2 is 1.57 bits per heavy atom. The number of rotatable bonds is 4. The average Bonchev–Trinajstić information content (AvgIpc) is 3.45. The van der Waals surface area contributed by atoms with E-state index in [4.69, 9.17) is 14.6 Å². The van der Waals surface area contributed by atoms with Crippen LogP contribution in [0.1, 0.15) is 36.9 Å². The number of hydrogen-bond acceptors (Lipinski definition) is 5. The lowest BCUT2D eigenvalue weighted by Gasteiger charge is -2.39. The summed E-state index contributed by atoms with van der Waals surface area (Å²) in [5, 5.41) is 25.7. The highest BCUT2D eigenvalue weighted by molar-refractivity contribution is 5.63. The van der Waals surface area contributed by atoms with Gasteiger partial charge in [0.05, 0.1) is 36.9 Å². The third-order valence-corrected chi connectivity index (χ3v) is 6.27. The summed E-state index contributed by atoms with van der Waals surface area (Å²) >= 11 is 0. The summed E-state index contributed by atoms with van der Waals surface area (Å²) in [6.07, 6.45) is 2.40. The molecule has 2 fully saturated rings. The standard InChI is InChI=1S/C24H26N2O4/c27-17-18-6-8-20(9-7-18)26-21(19-4-2-1-3-5-19)16-22(25-26)23(28)10-12-24(13-11-23)29-14-15-30-24/h1-9,16,27-28H,10-15,17H2. The number of aliphatic hydroxyl groups excluding tert-OH is 1. The van der Waals surface area contributed by atoms with Gasteiger partial charge in [-0.05, 0) is 36.6 Å². The molecule has 1 aliphatic heterocycles. The first-order valence-corrected chi connectivity index (χ1v) is 10.5. The minimum Gasteiger partial charge on any atom is -0.392 e. The summed E-state index contributed by atoms with van der Waals surface area (Å²) < 4.78 is 13.5. The van der Waals surface area contributed by atoms with Crippen LogP contribution >= 0.6 is 0 Å². The van der Waals surface area contributed by atoms with Crippen LogP contribution in [0, 0.1) is 0 Å². The molecule has 2 aromatic carbocycles. The lowest BCUT2D eigenvalue weighted by molar-refractivity contribution is -0.204. The van der Waals surface area contributed by atoms with Gasteiger partial charge in [0, 0.05) is 18.4 Å². The Bertz CT molecular complexity index is 997. The number of aromatic nitrogens is 2. The zero-order valence-electron chi connectivity index (χ0n) is 16.8. The molecule has 0 atom stereocenters. The molecular formula is C24H26N2O4. The highest BCUT2D eigenvalue weighted by atomic mass is 16.7. The van der Waals surface area contributed by atoms with E-state index in [1.807, 2.05) is 65.3 Å². The van der Waals surface area contributed by atoms with Gasteiger partial charge >= 0.3 is 0 Å². The fourth-order valence-electron chi connectivity index (χ4n) is 4.45. The van der Waals surface area contributed by atoms with Crippen LogP contribution in [-0.4, -0.2) is 39.0 Å². The van der Waals surface area contributed by atoms with Crippen LogP contribution in [0.15, 0.2) is 60.7 Å². The second kappa shape index (κ2) is 7.63. The molecule has 5 rings (SSSR count). The van der Waals surface area contributed by atoms with E-state index in [-0.39, 0.29) is 6.61 Å². The van der Waals surface area contributed by atoms with Gasteiger partial charge in [-0.3, -0.25) is 0 Å². The Labute approximate surface area is 175 Å². The van der Waals surface area contributed by atoms with Crippen molar-refractivity contribution in [1.82, 2.24) is 9.78 Å². The summed E-state index contributed by atoms with van der Waals surface area (Å²) in [6.45, 7) is 1.24. The quantitative estimate of drug-likeness (QED) is 0.693. The Hall–Kier alpha value is -2.51. The van der Waals surface area contributed by atoms with Crippen molar-refractivity contribution in [3.05, 3.63) is 71.9 Å². The molecule has 0 unspecified atom stereocenters. The molecule has 0 radical (unpaired) electrons. The summed E-state index contributed by atoms with van der Waals surface area (Å²) in [6, 6.07) is 19.7. The number of hydrogen-bond donors (Lipinski definition) is 2. The Morgan fingerprint density at radius 1 is 0.900 bits per heavy atom. The third-order valence-electron chi connectivity index (χ3n) is 6.27. The Morgan fingerprint density at radius 3 is 2.20 bits per heavy atom. The average molecular weight is 406 g/mol. The van der Waals surface area contributed by atoms with E-state index in [1.165, 1.54) is 0 Å². The van der Waals surface area contributed by atoms with E-state index in [2.05, 4.69) is 0 Å². The molecule has 6 nitrogen and oxygen atoms in total. The first kappa shape index (κ1) is 19.5. The smallest absolute Gasteiger partial charge is 0.168 e. The normalized spacial score (nSPS) is 19.9. The molecular weight excluding hydrogens is 380 g/mol. The maximum absolute atomic E-state index is 11.5. The van der Waals surface area contributed by atoms with Gasteiger partial charge in [-0.1, -0.05) is 42.5 Å². The predicted octanol–water partition coefficient (Wildman–Crippen LogP) is 3.54. The fraction of sp³-hybridized carbons (Fsp3) is 0.375. The zero-order chi connectivity index (χ0) is 20.6. The third kappa shape index (κ3) is 3.46. The van der Waals surface area contributed by atoms with E-state index in [9.17, 15) is 10.2 Å². The molecule has 30 heavy (non-hydrogen) atoms. The molecule has 2 N–H and O–H groups in total. The summed E-state index contributed by atoms with van der Waals surface area (Å²) in [5.74, 6) is -0.531. The summed E-state index contributed by atoms with van der Waals surface area (Å²) in [5.41, 5.74) is 3.34. The molecule has 1 saturated heterocycles.